The molecule has 1 aliphatic heterocycles. The first-order chi connectivity index (χ1) is 20.5. The van der Waals surface area contributed by atoms with Gasteiger partial charge in [0.05, 0.1) is 18.8 Å². The maximum absolute atomic E-state index is 11.5. The van der Waals surface area contributed by atoms with E-state index in [0.29, 0.717) is 0 Å². The van der Waals surface area contributed by atoms with E-state index in [1.54, 1.807) is 0 Å². The van der Waals surface area contributed by atoms with Gasteiger partial charge in [0, 0.05) is 31.1 Å². The first-order valence-corrected chi connectivity index (χ1v) is 16.6. The molecule has 2 aromatic rings. The van der Waals surface area contributed by atoms with Crippen LogP contribution in [0.15, 0.2) is 48.5 Å². The van der Waals surface area contributed by atoms with Gasteiger partial charge >= 0.3 is 0 Å². The van der Waals surface area contributed by atoms with Gasteiger partial charge in [0.2, 0.25) is 5.91 Å². The fraction of sp³-hybridized carbons (Fsp3) is 0.639. The minimum Gasteiger partial charge on any atom is -0.392 e. The molecule has 234 valence electrons. The molecule has 1 saturated heterocycles. The molecule has 6 heteroatoms. The van der Waals surface area contributed by atoms with Crippen LogP contribution in [0.1, 0.15) is 133 Å². The lowest BCUT2D eigenvalue weighted by molar-refractivity contribution is -0.253. The van der Waals surface area contributed by atoms with E-state index in [4.69, 9.17) is 9.47 Å². The number of benzene rings is 2. The molecule has 1 heterocycles. The maximum atomic E-state index is 11.5. The van der Waals surface area contributed by atoms with Gasteiger partial charge in [-0.05, 0) is 49.2 Å². The Kier molecular flexibility index (Phi) is 16.2. The van der Waals surface area contributed by atoms with Crippen LogP contribution in [-0.2, 0) is 20.9 Å². The number of hydrogen-bond donors (Lipinski definition) is 2. The molecule has 0 radical (unpaired) electrons. The number of hydrogen-bond acceptors (Lipinski definition) is 5. The quantitative estimate of drug-likeness (QED) is 0.153. The number of aliphatic hydroxyl groups excluding tert-OH is 1. The summed E-state index contributed by atoms with van der Waals surface area (Å²) in [6.07, 6.45) is 15.9. The highest BCUT2D eigenvalue weighted by molar-refractivity contribution is 5.88. The molecule has 42 heavy (non-hydrogen) atoms. The molecular weight excluding hydrogens is 524 g/mol. The second kappa shape index (κ2) is 19.8. The molecule has 2 N–H and O–H groups in total. The minimum atomic E-state index is -0.484. The molecule has 0 saturated carbocycles. The fourth-order valence-corrected chi connectivity index (χ4v) is 5.77. The molecular formula is C36H56N2O4. The summed E-state index contributed by atoms with van der Waals surface area (Å²) >= 11 is 0. The fourth-order valence-electron chi connectivity index (χ4n) is 5.77. The van der Waals surface area contributed by atoms with Crippen LogP contribution in [0.25, 0.3) is 0 Å². The van der Waals surface area contributed by atoms with Crippen molar-refractivity contribution in [3.63, 3.8) is 0 Å². The van der Waals surface area contributed by atoms with Crippen LogP contribution < -0.4 is 5.32 Å². The Morgan fingerprint density at radius 1 is 0.786 bits per heavy atom. The van der Waals surface area contributed by atoms with E-state index in [1.165, 1.54) is 84.0 Å². The molecule has 0 aliphatic carbocycles. The van der Waals surface area contributed by atoms with Crippen molar-refractivity contribution in [2.45, 2.75) is 129 Å². The van der Waals surface area contributed by atoms with E-state index >= 15 is 0 Å². The average molecular weight is 581 g/mol. The van der Waals surface area contributed by atoms with Gasteiger partial charge in [0.15, 0.2) is 6.29 Å². The molecule has 1 amide bonds. The molecule has 3 rings (SSSR count). The highest BCUT2D eigenvalue weighted by Crippen LogP contribution is 2.38. The number of aliphatic hydroxyl groups is 1. The highest BCUT2D eigenvalue weighted by Gasteiger charge is 2.33. The Hall–Kier alpha value is -2.25. The number of carbonyl (C=O) groups is 1. The molecule has 2 aromatic carbocycles. The Bertz CT molecular complexity index is 978. The minimum absolute atomic E-state index is 0.0344. The molecule has 0 spiro atoms. The number of nitrogens with one attached hydrogen (secondary N) is 1. The topological polar surface area (TPSA) is 71.0 Å². The monoisotopic (exact) mass is 580 g/mol. The van der Waals surface area contributed by atoms with Gasteiger partial charge in [0.25, 0.3) is 0 Å². The van der Waals surface area contributed by atoms with Gasteiger partial charge in [-0.3, -0.25) is 4.79 Å². The van der Waals surface area contributed by atoms with Crippen LogP contribution in [0.5, 0.6) is 0 Å². The van der Waals surface area contributed by atoms with Crippen LogP contribution in [0.4, 0.5) is 5.69 Å². The first-order valence-electron chi connectivity index (χ1n) is 16.6. The van der Waals surface area contributed by atoms with Crippen LogP contribution in [-0.4, -0.2) is 41.7 Å². The predicted octanol–water partition coefficient (Wildman–Crippen LogP) is 8.71. The second-order valence-electron chi connectivity index (χ2n) is 12.0. The smallest absolute Gasteiger partial charge is 0.221 e. The molecule has 0 aromatic heterocycles. The molecule has 1 aliphatic rings. The van der Waals surface area contributed by atoms with Gasteiger partial charge in [-0.15, -0.1) is 0 Å². The summed E-state index contributed by atoms with van der Waals surface area (Å²) in [5.74, 6) is -0.0878. The third-order valence-corrected chi connectivity index (χ3v) is 8.24. The summed E-state index contributed by atoms with van der Waals surface area (Å²) in [5.41, 5.74) is 3.72. The standard InChI is InChI=1S/C36H56N2O4/c1-4-6-8-10-12-14-24-38(25-15-13-11-9-7-5-2)27-34-26-35(31-18-16-30(28-39)17-19-31)42-36(41-34)32-20-22-33(23-21-32)37-29(3)40/h16-23,34-36,39H,4-15,24-28H2,1-3H3,(H,37,40)/t34-,35+,36+/m1/s1. The normalized spacial score (nSPS) is 18.8. The van der Waals surface area contributed by atoms with Crippen LogP contribution in [0.2, 0.25) is 0 Å². The SMILES string of the molecule is CCCCCCCCN(CCCCCCCC)C[C@H]1C[C@@H](c2ccc(CO)cc2)O[C@@H](c2ccc(NC(C)=O)cc2)O1. The van der Waals surface area contributed by atoms with Crippen molar-refractivity contribution in [2.24, 2.45) is 0 Å². The van der Waals surface area contributed by atoms with E-state index in [2.05, 4.69) is 36.2 Å². The highest BCUT2D eigenvalue weighted by atomic mass is 16.7. The predicted molar refractivity (Wildman–Crippen MR) is 172 cm³/mol. The Labute approximate surface area is 255 Å². The van der Waals surface area contributed by atoms with Crippen molar-refractivity contribution in [1.82, 2.24) is 4.90 Å². The van der Waals surface area contributed by atoms with Gasteiger partial charge in [0.1, 0.15) is 0 Å². The lowest BCUT2D eigenvalue weighted by Crippen LogP contribution is -2.40. The van der Waals surface area contributed by atoms with E-state index in [-0.39, 0.29) is 24.7 Å². The number of ether oxygens (including phenoxy) is 2. The second-order valence-corrected chi connectivity index (χ2v) is 12.0. The third kappa shape index (κ3) is 12.5. The Balaban J connectivity index is 1.70. The number of amides is 1. The maximum Gasteiger partial charge on any atom is 0.221 e. The van der Waals surface area contributed by atoms with Gasteiger partial charge in [-0.25, -0.2) is 0 Å². The van der Waals surface area contributed by atoms with Crippen molar-refractivity contribution in [1.29, 1.82) is 0 Å². The summed E-state index contributed by atoms with van der Waals surface area (Å²) < 4.78 is 13.2. The Morgan fingerprint density at radius 3 is 1.88 bits per heavy atom. The first kappa shape index (κ1) is 34.2. The van der Waals surface area contributed by atoms with Crippen molar-refractivity contribution < 1.29 is 19.4 Å². The zero-order valence-corrected chi connectivity index (χ0v) is 26.5. The van der Waals surface area contributed by atoms with E-state index in [0.717, 1.165) is 48.4 Å². The lowest BCUT2D eigenvalue weighted by Gasteiger charge is -2.38. The van der Waals surface area contributed by atoms with Gasteiger partial charge < -0.3 is 24.8 Å². The Morgan fingerprint density at radius 2 is 1.33 bits per heavy atom. The lowest BCUT2D eigenvalue weighted by atomic mass is 9.99. The van der Waals surface area contributed by atoms with Crippen LogP contribution in [0.3, 0.4) is 0 Å². The molecule has 6 nitrogen and oxygen atoms in total. The molecule has 0 bridgehead atoms. The zero-order chi connectivity index (χ0) is 30.0. The zero-order valence-electron chi connectivity index (χ0n) is 26.5. The molecule has 0 unspecified atom stereocenters. The average Bonchev–Trinajstić information content (AvgIpc) is 3.00. The van der Waals surface area contributed by atoms with E-state index < -0.39 is 6.29 Å². The van der Waals surface area contributed by atoms with Gasteiger partial charge in [-0.1, -0.05) is 114 Å². The van der Waals surface area contributed by atoms with Crippen LogP contribution >= 0.6 is 0 Å². The summed E-state index contributed by atoms with van der Waals surface area (Å²) in [4.78, 5) is 14.1. The molecule has 3 atom stereocenters. The summed E-state index contributed by atoms with van der Waals surface area (Å²) in [5, 5.41) is 12.4. The van der Waals surface area contributed by atoms with Crippen LogP contribution in [0, 0.1) is 0 Å². The van der Waals surface area contributed by atoms with Gasteiger partial charge in [-0.2, -0.15) is 0 Å². The molecule has 1 fully saturated rings. The number of rotatable bonds is 20. The number of carbonyl (C=O) groups excluding carboxylic acids is 1. The third-order valence-electron chi connectivity index (χ3n) is 8.24. The number of nitrogens with zero attached hydrogens (tertiary/aromatic N) is 1. The largest absolute Gasteiger partial charge is 0.392 e. The summed E-state index contributed by atoms with van der Waals surface area (Å²) in [6, 6.07) is 15.9. The summed E-state index contributed by atoms with van der Waals surface area (Å²) in [6.45, 7) is 9.23. The number of unbranched alkanes of at least 4 members (excludes halogenated alkanes) is 10. The summed E-state index contributed by atoms with van der Waals surface area (Å²) in [7, 11) is 0. The van der Waals surface area contributed by atoms with E-state index in [9.17, 15) is 9.90 Å². The van der Waals surface area contributed by atoms with E-state index in [1.807, 2.05) is 36.4 Å². The van der Waals surface area contributed by atoms with Crippen molar-refractivity contribution in [2.75, 3.05) is 25.0 Å². The van der Waals surface area contributed by atoms with Crippen molar-refractivity contribution >= 4 is 11.6 Å². The van der Waals surface area contributed by atoms with Crippen molar-refractivity contribution in [3.8, 4) is 0 Å². The number of anilines is 1. The van der Waals surface area contributed by atoms with Crippen molar-refractivity contribution in [3.05, 3.63) is 65.2 Å².